The molecule has 4 heteroatoms. The Hall–Kier alpha value is -1.83. The molecule has 0 N–H and O–H groups in total. The SMILES string of the molecule is CCOCCN1Cc2cc3c(C#N)cn(C)c3cc2C1. The van der Waals surface area contributed by atoms with Crippen LogP contribution in [0.4, 0.5) is 0 Å². The van der Waals surface area contributed by atoms with Crippen molar-refractivity contribution in [3.05, 3.63) is 35.0 Å². The van der Waals surface area contributed by atoms with Gasteiger partial charge in [-0.1, -0.05) is 0 Å². The van der Waals surface area contributed by atoms with Gasteiger partial charge in [-0.15, -0.1) is 0 Å². The minimum Gasteiger partial charge on any atom is -0.380 e. The lowest BCUT2D eigenvalue weighted by Gasteiger charge is -2.13. The maximum absolute atomic E-state index is 9.20. The Morgan fingerprint density at radius 3 is 2.75 bits per heavy atom. The molecule has 0 saturated heterocycles. The molecule has 0 aliphatic carbocycles. The van der Waals surface area contributed by atoms with Gasteiger partial charge < -0.3 is 9.30 Å². The van der Waals surface area contributed by atoms with Crippen LogP contribution in [-0.4, -0.2) is 29.2 Å². The predicted octanol–water partition coefficient (Wildman–Crippen LogP) is 2.40. The van der Waals surface area contributed by atoms with Crippen LogP contribution in [0.2, 0.25) is 0 Å². The van der Waals surface area contributed by atoms with Gasteiger partial charge in [-0.3, -0.25) is 4.90 Å². The normalized spacial score (nSPS) is 14.7. The molecule has 1 aliphatic heterocycles. The fourth-order valence-corrected chi connectivity index (χ4v) is 2.93. The van der Waals surface area contributed by atoms with Gasteiger partial charge in [-0.25, -0.2) is 0 Å². The van der Waals surface area contributed by atoms with E-state index in [-0.39, 0.29) is 0 Å². The summed E-state index contributed by atoms with van der Waals surface area (Å²) >= 11 is 0. The number of hydrogen-bond donors (Lipinski definition) is 0. The number of nitrogens with zero attached hydrogens (tertiary/aromatic N) is 3. The smallest absolute Gasteiger partial charge is 0.101 e. The molecule has 3 rings (SSSR count). The van der Waals surface area contributed by atoms with Crippen LogP contribution in [0.25, 0.3) is 10.9 Å². The fourth-order valence-electron chi connectivity index (χ4n) is 2.93. The lowest BCUT2D eigenvalue weighted by Crippen LogP contribution is -2.21. The Labute approximate surface area is 119 Å². The zero-order chi connectivity index (χ0) is 14.1. The highest BCUT2D eigenvalue weighted by Gasteiger charge is 2.20. The first kappa shape index (κ1) is 13.2. The molecule has 20 heavy (non-hydrogen) atoms. The first-order valence-electron chi connectivity index (χ1n) is 7.04. The van der Waals surface area contributed by atoms with Gasteiger partial charge >= 0.3 is 0 Å². The Bertz CT molecular complexity index is 681. The summed E-state index contributed by atoms with van der Waals surface area (Å²) in [6, 6.07) is 6.69. The van der Waals surface area contributed by atoms with Crippen LogP contribution in [0.1, 0.15) is 23.6 Å². The van der Waals surface area contributed by atoms with Gasteiger partial charge in [-0.05, 0) is 30.2 Å². The second kappa shape index (κ2) is 5.28. The van der Waals surface area contributed by atoms with E-state index in [9.17, 15) is 5.26 Å². The van der Waals surface area contributed by atoms with E-state index in [4.69, 9.17) is 4.74 Å². The molecule has 0 radical (unpaired) electrons. The molecule has 0 saturated carbocycles. The number of ether oxygens (including phenoxy) is 1. The van der Waals surface area contributed by atoms with Crippen molar-refractivity contribution in [2.75, 3.05) is 19.8 Å². The molecule has 1 aliphatic rings. The van der Waals surface area contributed by atoms with Crippen molar-refractivity contribution in [3.8, 4) is 6.07 Å². The Morgan fingerprint density at radius 2 is 2.05 bits per heavy atom. The van der Waals surface area contributed by atoms with Gasteiger partial charge in [0.1, 0.15) is 6.07 Å². The molecular formula is C16H19N3O. The quantitative estimate of drug-likeness (QED) is 0.800. The molecule has 104 valence electrons. The standard InChI is InChI=1S/C16H19N3O/c1-3-20-5-4-19-10-12-6-15-14(8-17)9-18(2)16(15)7-13(12)11-19/h6-7,9H,3-5,10-11H2,1-2H3. The number of aromatic nitrogens is 1. The maximum Gasteiger partial charge on any atom is 0.101 e. The number of benzene rings is 1. The van der Waals surface area contributed by atoms with Gasteiger partial charge in [0.2, 0.25) is 0 Å². The molecule has 1 aromatic carbocycles. The number of hydrogen-bond acceptors (Lipinski definition) is 3. The molecule has 0 atom stereocenters. The minimum absolute atomic E-state index is 0.762. The van der Waals surface area contributed by atoms with E-state index in [0.717, 1.165) is 49.3 Å². The lowest BCUT2D eigenvalue weighted by molar-refractivity contribution is 0.113. The largest absolute Gasteiger partial charge is 0.380 e. The minimum atomic E-state index is 0.762. The van der Waals surface area contributed by atoms with E-state index in [0.29, 0.717) is 0 Å². The van der Waals surface area contributed by atoms with Crippen molar-refractivity contribution in [2.24, 2.45) is 7.05 Å². The van der Waals surface area contributed by atoms with Crippen molar-refractivity contribution in [1.29, 1.82) is 5.26 Å². The summed E-state index contributed by atoms with van der Waals surface area (Å²) in [6.45, 7) is 6.48. The second-order valence-corrected chi connectivity index (χ2v) is 5.31. The van der Waals surface area contributed by atoms with Crippen molar-refractivity contribution in [2.45, 2.75) is 20.0 Å². The summed E-state index contributed by atoms with van der Waals surface area (Å²) in [4.78, 5) is 2.39. The zero-order valence-electron chi connectivity index (χ0n) is 12.0. The van der Waals surface area contributed by atoms with Gasteiger partial charge in [0, 0.05) is 50.4 Å². The predicted molar refractivity (Wildman–Crippen MR) is 78.2 cm³/mol. The monoisotopic (exact) mass is 269 g/mol. The number of rotatable bonds is 4. The van der Waals surface area contributed by atoms with Crippen molar-refractivity contribution < 1.29 is 4.74 Å². The second-order valence-electron chi connectivity index (χ2n) is 5.31. The third kappa shape index (κ3) is 2.20. The van der Waals surface area contributed by atoms with Crippen LogP contribution < -0.4 is 0 Å². The summed E-state index contributed by atoms with van der Waals surface area (Å²) < 4.78 is 7.46. The molecular weight excluding hydrogens is 250 g/mol. The Morgan fingerprint density at radius 1 is 1.30 bits per heavy atom. The van der Waals surface area contributed by atoms with Crippen LogP contribution >= 0.6 is 0 Å². The highest BCUT2D eigenvalue weighted by Crippen LogP contribution is 2.30. The Balaban J connectivity index is 1.87. The number of aryl methyl sites for hydroxylation is 1. The average molecular weight is 269 g/mol. The van der Waals surface area contributed by atoms with E-state index < -0.39 is 0 Å². The van der Waals surface area contributed by atoms with Gasteiger partial charge in [0.05, 0.1) is 12.2 Å². The van der Waals surface area contributed by atoms with E-state index in [1.54, 1.807) is 0 Å². The van der Waals surface area contributed by atoms with Gasteiger partial charge in [0.15, 0.2) is 0 Å². The average Bonchev–Trinajstić information content (AvgIpc) is 2.98. The van der Waals surface area contributed by atoms with E-state index in [2.05, 4.69) is 23.1 Å². The molecule has 2 heterocycles. The Kier molecular flexibility index (Phi) is 3.47. The third-order valence-corrected chi connectivity index (χ3v) is 3.98. The van der Waals surface area contributed by atoms with Gasteiger partial charge in [-0.2, -0.15) is 5.26 Å². The van der Waals surface area contributed by atoms with Gasteiger partial charge in [0.25, 0.3) is 0 Å². The summed E-state index contributed by atoms with van der Waals surface area (Å²) in [5.74, 6) is 0. The molecule has 1 aromatic heterocycles. The van der Waals surface area contributed by atoms with Crippen LogP contribution in [0, 0.1) is 11.3 Å². The molecule has 4 nitrogen and oxygen atoms in total. The highest BCUT2D eigenvalue weighted by molar-refractivity contribution is 5.88. The van der Waals surface area contributed by atoms with Crippen molar-refractivity contribution in [1.82, 2.24) is 9.47 Å². The number of nitriles is 1. The van der Waals surface area contributed by atoms with Crippen LogP contribution in [0.5, 0.6) is 0 Å². The molecule has 0 spiro atoms. The summed E-state index contributed by atoms with van der Waals surface area (Å²) in [7, 11) is 2.00. The first-order valence-corrected chi connectivity index (χ1v) is 7.04. The maximum atomic E-state index is 9.20. The first-order chi connectivity index (χ1) is 9.72. The summed E-state index contributed by atoms with van der Waals surface area (Å²) in [6.07, 6.45) is 1.91. The molecule has 0 unspecified atom stereocenters. The molecule has 0 amide bonds. The van der Waals surface area contributed by atoms with Crippen LogP contribution in [0.3, 0.4) is 0 Å². The summed E-state index contributed by atoms with van der Waals surface area (Å²) in [5.41, 5.74) is 4.63. The van der Waals surface area contributed by atoms with Crippen LogP contribution in [-0.2, 0) is 24.9 Å². The molecule has 0 fully saturated rings. The summed E-state index contributed by atoms with van der Waals surface area (Å²) in [5, 5.41) is 10.3. The topological polar surface area (TPSA) is 41.2 Å². The molecule has 2 aromatic rings. The van der Waals surface area contributed by atoms with Crippen molar-refractivity contribution >= 4 is 10.9 Å². The van der Waals surface area contributed by atoms with E-state index in [1.165, 1.54) is 11.1 Å². The number of fused-ring (bicyclic) bond motifs is 2. The molecule has 0 bridgehead atoms. The lowest BCUT2D eigenvalue weighted by atomic mass is 10.1. The van der Waals surface area contributed by atoms with E-state index in [1.807, 2.05) is 24.7 Å². The zero-order valence-corrected chi connectivity index (χ0v) is 12.0. The van der Waals surface area contributed by atoms with E-state index >= 15 is 0 Å². The highest BCUT2D eigenvalue weighted by atomic mass is 16.5. The van der Waals surface area contributed by atoms with Crippen LogP contribution in [0.15, 0.2) is 18.3 Å². The third-order valence-electron chi connectivity index (χ3n) is 3.98. The fraction of sp³-hybridized carbons (Fsp3) is 0.438. The van der Waals surface area contributed by atoms with Crippen molar-refractivity contribution in [3.63, 3.8) is 0 Å².